The first-order valence-electron chi connectivity index (χ1n) is 8.90. The van der Waals surface area contributed by atoms with E-state index in [0.717, 1.165) is 25.4 Å². The van der Waals surface area contributed by atoms with E-state index in [4.69, 9.17) is 9.84 Å². The number of benzene rings is 1. The number of carbonyl (C=O) groups excluding carboxylic acids is 1. The van der Waals surface area contributed by atoms with Crippen molar-refractivity contribution in [1.82, 2.24) is 19.6 Å². The highest BCUT2D eigenvalue weighted by Gasteiger charge is 2.25. The third-order valence-corrected chi connectivity index (χ3v) is 4.78. The minimum absolute atomic E-state index is 0.160. The second-order valence-electron chi connectivity index (χ2n) is 6.62. The molecule has 1 aromatic heterocycles. The van der Waals surface area contributed by atoms with Crippen molar-refractivity contribution in [2.24, 2.45) is 0 Å². The predicted molar refractivity (Wildman–Crippen MR) is 98.7 cm³/mol. The van der Waals surface area contributed by atoms with Gasteiger partial charge in [0.05, 0.1) is 7.11 Å². The number of carbonyl (C=O) groups is 2. The van der Waals surface area contributed by atoms with E-state index in [-0.39, 0.29) is 11.6 Å². The van der Waals surface area contributed by atoms with Gasteiger partial charge >= 0.3 is 5.97 Å². The van der Waals surface area contributed by atoms with Crippen molar-refractivity contribution in [3.8, 4) is 5.75 Å². The number of hydrogen-bond acceptors (Lipinski definition) is 5. The number of rotatable bonds is 6. The summed E-state index contributed by atoms with van der Waals surface area (Å²) >= 11 is 0. The molecule has 0 spiro atoms. The lowest BCUT2D eigenvalue weighted by Crippen LogP contribution is -2.48. The SMILES string of the molecule is COc1cccc(CN2CCN(C(=O)c3ccn(C(C)C(=O)O)n3)CC2)c1. The van der Waals surface area contributed by atoms with Gasteiger partial charge in [-0.05, 0) is 30.7 Å². The average molecular weight is 372 g/mol. The van der Waals surface area contributed by atoms with Crippen LogP contribution in [0.15, 0.2) is 36.5 Å². The van der Waals surface area contributed by atoms with Crippen LogP contribution in [0, 0.1) is 0 Å². The molecule has 2 aromatic rings. The molecule has 1 fully saturated rings. The van der Waals surface area contributed by atoms with Gasteiger partial charge < -0.3 is 14.7 Å². The first-order valence-corrected chi connectivity index (χ1v) is 8.90. The number of nitrogens with zero attached hydrogens (tertiary/aromatic N) is 4. The summed E-state index contributed by atoms with van der Waals surface area (Å²) < 4.78 is 6.56. The van der Waals surface area contributed by atoms with E-state index < -0.39 is 12.0 Å². The molecule has 1 unspecified atom stereocenters. The summed E-state index contributed by atoms with van der Waals surface area (Å²) in [6.07, 6.45) is 1.53. The summed E-state index contributed by atoms with van der Waals surface area (Å²) in [5.74, 6) is -0.303. The molecular weight excluding hydrogens is 348 g/mol. The Morgan fingerprint density at radius 2 is 1.96 bits per heavy atom. The van der Waals surface area contributed by atoms with Crippen molar-refractivity contribution < 1.29 is 19.4 Å². The van der Waals surface area contributed by atoms with E-state index in [1.165, 1.54) is 23.4 Å². The van der Waals surface area contributed by atoms with Gasteiger partial charge in [0.2, 0.25) is 0 Å². The molecule has 1 aliphatic heterocycles. The minimum atomic E-state index is -0.983. The molecule has 1 saturated heterocycles. The summed E-state index contributed by atoms with van der Waals surface area (Å²) in [7, 11) is 1.65. The molecule has 27 heavy (non-hydrogen) atoms. The van der Waals surface area contributed by atoms with Gasteiger partial charge in [-0.1, -0.05) is 12.1 Å². The van der Waals surface area contributed by atoms with Gasteiger partial charge in [0, 0.05) is 38.9 Å². The van der Waals surface area contributed by atoms with E-state index >= 15 is 0 Å². The Morgan fingerprint density at radius 3 is 2.63 bits per heavy atom. The number of carboxylic acids is 1. The minimum Gasteiger partial charge on any atom is -0.497 e. The summed E-state index contributed by atoms with van der Waals surface area (Å²) in [5, 5.41) is 13.2. The van der Waals surface area contributed by atoms with Crippen LogP contribution in [0.25, 0.3) is 0 Å². The van der Waals surface area contributed by atoms with Crippen LogP contribution in [0.3, 0.4) is 0 Å². The number of ether oxygens (including phenoxy) is 1. The van der Waals surface area contributed by atoms with Crippen LogP contribution < -0.4 is 4.74 Å². The van der Waals surface area contributed by atoms with Gasteiger partial charge in [0.25, 0.3) is 5.91 Å². The van der Waals surface area contributed by atoms with Crippen LogP contribution in [0.1, 0.15) is 29.0 Å². The third kappa shape index (κ3) is 4.46. The molecule has 1 amide bonds. The summed E-state index contributed by atoms with van der Waals surface area (Å²) in [5.41, 5.74) is 1.46. The van der Waals surface area contributed by atoms with Crippen LogP contribution in [0.4, 0.5) is 0 Å². The molecule has 0 aliphatic carbocycles. The monoisotopic (exact) mass is 372 g/mol. The van der Waals surface area contributed by atoms with E-state index in [0.29, 0.717) is 13.1 Å². The van der Waals surface area contributed by atoms with Crippen LogP contribution in [-0.4, -0.2) is 69.9 Å². The van der Waals surface area contributed by atoms with Crippen LogP contribution in [0.2, 0.25) is 0 Å². The van der Waals surface area contributed by atoms with Gasteiger partial charge in [-0.2, -0.15) is 5.10 Å². The summed E-state index contributed by atoms with van der Waals surface area (Å²) in [6.45, 7) is 5.11. The summed E-state index contributed by atoms with van der Waals surface area (Å²) in [6, 6.07) is 8.76. The molecule has 144 valence electrons. The van der Waals surface area contributed by atoms with E-state index in [1.807, 2.05) is 18.2 Å². The number of piperazine rings is 1. The Labute approximate surface area is 157 Å². The maximum Gasteiger partial charge on any atom is 0.328 e. The fraction of sp³-hybridized carbons (Fsp3) is 0.421. The first-order chi connectivity index (χ1) is 13.0. The number of methoxy groups -OCH3 is 1. The van der Waals surface area contributed by atoms with E-state index in [1.54, 1.807) is 18.1 Å². The molecule has 3 rings (SSSR count). The Bertz CT molecular complexity index is 812. The van der Waals surface area contributed by atoms with Crippen molar-refractivity contribution in [2.45, 2.75) is 19.5 Å². The fourth-order valence-electron chi connectivity index (χ4n) is 3.08. The molecule has 8 heteroatoms. The molecule has 0 saturated carbocycles. The Kier molecular flexibility index (Phi) is 5.75. The van der Waals surface area contributed by atoms with Gasteiger partial charge in [-0.15, -0.1) is 0 Å². The largest absolute Gasteiger partial charge is 0.497 e. The lowest BCUT2D eigenvalue weighted by molar-refractivity contribution is -0.140. The van der Waals surface area contributed by atoms with Gasteiger partial charge in [-0.3, -0.25) is 14.4 Å². The average Bonchev–Trinajstić information content (AvgIpc) is 3.17. The first kappa shape index (κ1) is 18.9. The molecule has 1 aromatic carbocycles. The molecule has 1 N–H and O–H groups in total. The quantitative estimate of drug-likeness (QED) is 0.827. The van der Waals surface area contributed by atoms with Crippen molar-refractivity contribution in [3.63, 3.8) is 0 Å². The Balaban J connectivity index is 1.55. The Hall–Kier alpha value is -2.87. The third-order valence-electron chi connectivity index (χ3n) is 4.78. The Morgan fingerprint density at radius 1 is 1.22 bits per heavy atom. The van der Waals surface area contributed by atoms with Crippen molar-refractivity contribution >= 4 is 11.9 Å². The predicted octanol–water partition coefficient (Wildman–Crippen LogP) is 1.50. The molecule has 8 nitrogen and oxygen atoms in total. The lowest BCUT2D eigenvalue weighted by atomic mass is 10.2. The molecule has 2 heterocycles. The maximum atomic E-state index is 12.6. The van der Waals surface area contributed by atoms with E-state index in [9.17, 15) is 9.59 Å². The van der Waals surface area contributed by atoms with Crippen molar-refractivity contribution in [1.29, 1.82) is 0 Å². The van der Waals surface area contributed by atoms with Gasteiger partial charge in [-0.25, -0.2) is 4.79 Å². The maximum absolute atomic E-state index is 12.6. The smallest absolute Gasteiger partial charge is 0.328 e. The lowest BCUT2D eigenvalue weighted by Gasteiger charge is -2.34. The van der Waals surface area contributed by atoms with Gasteiger partial charge in [0.15, 0.2) is 0 Å². The molecule has 0 radical (unpaired) electrons. The number of aliphatic carboxylic acids is 1. The topological polar surface area (TPSA) is 87.9 Å². The molecule has 1 atom stereocenters. The number of hydrogen-bond donors (Lipinski definition) is 1. The van der Waals surface area contributed by atoms with Gasteiger partial charge in [0.1, 0.15) is 17.5 Å². The molecule has 0 bridgehead atoms. The second kappa shape index (κ2) is 8.22. The zero-order valence-corrected chi connectivity index (χ0v) is 15.5. The normalized spacial score (nSPS) is 16.1. The van der Waals surface area contributed by atoms with Crippen molar-refractivity contribution in [2.75, 3.05) is 33.3 Å². The fourth-order valence-corrected chi connectivity index (χ4v) is 3.08. The zero-order chi connectivity index (χ0) is 19.4. The highest BCUT2D eigenvalue weighted by atomic mass is 16.5. The van der Waals surface area contributed by atoms with Crippen LogP contribution >= 0.6 is 0 Å². The number of carboxylic acid groups (broad SMARTS) is 1. The highest BCUT2D eigenvalue weighted by Crippen LogP contribution is 2.16. The number of amides is 1. The molecular formula is C19H24N4O4. The highest BCUT2D eigenvalue weighted by molar-refractivity contribution is 5.92. The zero-order valence-electron chi connectivity index (χ0n) is 15.5. The number of aromatic nitrogens is 2. The molecule has 1 aliphatic rings. The van der Waals surface area contributed by atoms with Crippen LogP contribution in [0.5, 0.6) is 5.75 Å². The summed E-state index contributed by atoms with van der Waals surface area (Å²) in [4.78, 5) is 27.7. The van der Waals surface area contributed by atoms with E-state index in [2.05, 4.69) is 16.1 Å². The van der Waals surface area contributed by atoms with Crippen LogP contribution in [-0.2, 0) is 11.3 Å². The standard InChI is InChI=1S/C19H24N4O4/c1-14(19(25)26)23-7-6-17(20-23)18(24)22-10-8-21(9-11-22)13-15-4-3-5-16(12-15)27-2/h3-7,12,14H,8-11,13H2,1-2H3,(H,25,26). The second-order valence-corrected chi connectivity index (χ2v) is 6.62. The van der Waals surface area contributed by atoms with Crippen molar-refractivity contribution in [3.05, 3.63) is 47.8 Å².